The van der Waals surface area contributed by atoms with Crippen LogP contribution < -0.4 is 4.74 Å². The Balaban J connectivity index is 2.57. The molecule has 0 atom stereocenters. The molecule has 0 aliphatic heterocycles. The Bertz CT molecular complexity index is 418. The molecule has 5 nitrogen and oxygen atoms in total. The molecule has 1 aromatic carbocycles. The van der Waals surface area contributed by atoms with E-state index in [4.69, 9.17) is 9.84 Å². The van der Waals surface area contributed by atoms with Crippen LogP contribution in [0.3, 0.4) is 0 Å². The van der Waals surface area contributed by atoms with Gasteiger partial charge in [-0.2, -0.15) is 0 Å². The van der Waals surface area contributed by atoms with Gasteiger partial charge in [-0.05, 0) is 38.2 Å². The summed E-state index contributed by atoms with van der Waals surface area (Å²) in [5.74, 6) is 0.0651. The van der Waals surface area contributed by atoms with Gasteiger partial charge in [-0.25, -0.2) is 0 Å². The highest BCUT2D eigenvalue weighted by Gasteiger charge is 2.10. The van der Waals surface area contributed by atoms with Gasteiger partial charge in [0, 0.05) is 19.6 Å². The number of benzene rings is 1. The molecule has 0 aliphatic rings. The third-order valence-corrected chi connectivity index (χ3v) is 3.02. The van der Waals surface area contributed by atoms with Crippen LogP contribution in [0.2, 0.25) is 0 Å². The lowest BCUT2D eigenvalue weighted by Crippen LogP contribution is -2.35. The number of likely N-dealkylation sites (N-methyl/N-ethyl adjacent to an activating group) is 1. The van der Waals surface area contributed by atoms with Crippen LogP contribution in [0.25, 0.3) is 0 Å². The standard InChI is InChI=1S/C16H26N2O3/c1-4-11-21-15-7-5-14(6-8-15)12-18(13-16(19)20)10-9-17(2)3/h5-8H,4,9-13H2,1-3H3,(H,19,20). The Labute approximate surface area is 127 Å². The summed E-state index contributed by atoms with van der Waals surface area (Å²) >= 11 is 0. The van der Waals surface area contributed by atoms with Crippen molar-refractivity contribution in [3.63, 3.8) is 0 Å². The van der Waals surface area contributed by atoms with Gasteiger partial charge >= 0.3 is 5.97 Å². The minimum absolute atomic E-state index is 0.0575. The first-order valence-electron chi connectivity index (χ1n) is 7.32. The van der Waals surface area contributed by atoms with E-state index < -0.39 is 5.97 Å². The van der Waals surface area contributed by atoms with Crippen LogP contribution in [0.5, 0.6) is 5.75 Å². The van der Waals surface area contributed by atoms with Crippen molar-refractivity contribution in [2.75, 3.05) is 40.3 Å². The first-order chi connectivity index (χ1) is 10.0. The molecule has 0 fully saturated rings. The zero-order valence-corrected chi connectivity index (χ0v) is 13.2. The summed E-state index contributed by atoms with van der Waals surface area (Å²) in [4.78, 5) is 14.9. The number of hydrogen-bond acceptors (Lipinski definition) is 4. The number of nitrogens with zero attached hydrogens (tertiary/aromatic N) is 2. The van der Waals surface area contributed by atoms with Crippen molar-refractivity contribution in [1.82, 2.24) is 9.80 Å². The van der Waals surface area contributed by atoms with E-state index in [2.05, 4.69) is 11.8 Å². The molecule has 0 radical (unpaired) electrons. The largest absolute Gasteiger partial charge is 0.494 e. The highest BCUT2D eigenvalue weighted by atomic mass is 16.5. The van der Waals surface area contributed by atoms with Crippen LogP contribution in [-0.4, -0.2) is 61.2 Å². The average Bonchev–Trinajstić information content (AvgIpc) is 2.43. The van der Waals surface area contributed by atoms with E-state index in [9.17, 15) is 4.79 Å². The third kappa shape index (κ3) is 7.68. The minimum atomic E-state index is -0.795. The van der Waals surface area contributed by atoms with Crippen LogP contribution in [0, 0.1) is 0 Å². The van der Waals surface area contributed by atoms with E-state index >= 15 is 0 Å². The Hall–Kier alpha value is -1.59. The molecule has 0 aliphatic carbocycles. The molecule has 0 heterocycles. The SMILES string of the molecule is CCCOc1ccc(CN(CCN(C)C)CC(=O)O)cc1. The number of hydrogen-bond donors (Lipinski definition) is 1. The fourth-order valence-electron chi connectivity index (χ4n) is 1.92. The quantitative estimate of drug-likeness (QED) is 0.714. The maximum absolute atomic E-state index is 10.9. The fraction of sp³-hybridized carbons (Fsp3) is 0.562. The minimum Gasteiger partial charge on any atom is -0.494 e. The van der Waals surface area contributed by atoms with E-state index in [1.54, 1.807) is 0 Å². The van der Waals surface area contributed by atoms with Crippen molar-refractivity contribution in [3.8, 4) is 5.75 Å². The van der Waals surface area contributed by atoms with Crippen molar-refractivity contribution < 1.29 is 14.6 Å². The van der Waals surface area contributed by atoms with Gasteiger partial charge in [-0.3, -0.25) is 9.69 Å². The molecular formula is C16H26N2O3. The van der Waals surface area contributed by atoms with E-state index in [1.165, 1.54) is 0 Å². The lowest BCUT2D eigenvalue weighted by molar-refractivity contribution is -0.138. The van der Waals surface area contributed by atoms with Gasteiger partial charge in [-0.1, -0.05) is 19.1 Å². The lowest BCUT2D eigenvalue weighted by Gasteiger charge is -2.22. The Kier molecular flexibility index (Phi) is 7.79. The molecule has 0 bridgehead atoms. The van der Waals surface area contributed by atoms with Crippen LogP contribution in [0.15, 0.2) is 24.3 Å². The topological polar surface area (TPSA) is 53.0 Å². The van der Waals surface area contributed by atoms with Crippen LogP contribution in [0.4, 0.5) is 0 Å². The highest BCUT2D eigenvalue weighted by molar-refractivity contribution is 5.69. The molecule has 0 saturated carbocycles. The number of carboxylic acids is 1. The molecule has 1 rings (SSSR count). The molecule has 1 N–H and O–H groups in total. The van der Waals surface area contributed by atoms with Gasteiger partial charge in [0.2, 0.25) is 0 Å². The van der Waals surface area contributed by atoms with Crippen molar-refractivity contribution in [2.45, 2.75) is 19.9 Å². The maximum atomic E-state index is 10.9. The predicted molar refractivity (Wildman–Crippen MR) is 83.7 cm³/mol. The van der Waals surface area contributed by atoms with Gasteiger partial charge < -0.3 is 14.7 Å². The smallest absolute Gasteiger partial charge is 0.317 e. The van der Waals surface area contributed by atoms with Crippen molar-refractivity contribution in [2.24, 2.45) is 0 Å². The average molecular weight is 294 g/mol. The summed E-state index contributed by atoms with van der Waals surface area (Å²) in [6.45, 7) is 5.05. The maximum Gasteiger partial charge on any atom is 0.317 e. The van der Waals surface area contributed by atoms with Crippen molar-refractivity contribution >= 4 is 5.97 Å². The van der Waals surface area contributed by atoms with Gasteiger partial charge in [0.25, 0.3) is 0 Å². The van der Waals surface area contributed by atoms with Gasteiger partial charge in [-0.15, -0.1) is 0 Å². The first-order valence-corrected chi connectivity index (χ1v) is 7.32. The highest BCUT2D eigenvalue weighted by Crippen LogP contribution is 2.14. The zero-order valence-electron chi connectivity index (χ0n) is 13.2. The Morgan fingerprint density at radius 3 is 2.38 bits per heavy atom. The van der Waals surface area contributed by atoms with E-state index in [-0.39, 0.29) is 6.54 Å². The monoisotopic (exact) mass is 294 g/mol. The second kappa shape index (κ2) is 9.37. The zero-order chi connectivity index (χ0) is 15.7. The Morgan fingerprint density at radius 1 is 1.19 bits per heavy atom. The second-order valence-electron chi connectivity index (χ2n) is 5.40. The number of ether oxygens (including phenoxy) is 1. The van der Waals surface area contributed by atoms with Gasteiger partial charge in [0.05, 0.1) is 13.2 Å². The predicted octanol–water partition coefficient (Wildman–Crippen LogP) is 1.92. The number of rotatable bonds is 10. The summed E-state index contributed by atoms with van der Waals surface area (Å²) in [6, 6.07) is 7.87. The van der Waals surface area contributed by atoms with E-state index in [0.29, 0.717) is 13.2 Å². The molecule has 0 saturated heterocycles. The Morgan fingerprint density at radius 2 is 1.86 bits per heavy atom. The first kappa shape index (κ1) is 17.5. The van der Waals surface area contributed by atoms with Crippen LogP contribution in [0.1, 0.15) is 18.9 Å². The van der Waals surface area contributed by atoms with E-state index in [0.717, 1.165) is 30.8 Å². The normalized spacial score (nSPS) is 11.1. The summed E-state index contributed by atoms with van der Waals surface area (Å²) in [6.07, 6.45) is 0.985. The number of carboxylic acid groups (broad SMARTS) is 1. The summed E-state index contributed by atoms with van der Waals surface area (Å²) < 4.78 is 5.54. The summed E-state index contributed by atoms with van der Waals surface area (Å²) in [5, 5.41) is 8.99. The van der Waals surface area contributed by atoms with E-state index in [1.807, 2.05) is 43.3 Å². The van der Waals surface area contributed by atoms with Crippen molar-refractivity contribution in [1.29, 1.82) is 0 Å². The second-order valence-corrected chi connectivity index (χ2v) is 5.40. The molecular weight excluding hydrogens is 268 g/mol. The van der Waals surface area contributed by atoms with Gasteiger partial charge in [0.1, 0.15) is 5.75 Å². The summed E-state index contributed by atoms with van der Waals surface area (Å²) in [5.41, 5.74) is 1.10. The molecule has 5 heteroatoms. The molecule has 0 spiro atoms. The van der Waals surface area contributed by atoms with Crippen molar-refractivity contribution in [3.05, 3.63) is 29.8 Å². The summed E-state index contributed by atoms with van der Waals surface area (Å²) in [7, 11) is 3.97. The molecule has 1 aromatic rings. The lowest BCUT2D eigenvalue weighted by atomic mass is 10.2. The molecule has 21 heavy (non-hydrogen) atoms. The third-order valence-electron chi connectivity index (χ3n) is 3.02. The molecule has 0 aromatic heterocycles. The molecule has 118 valence electrons. The number of carbonyl (C=O) groups is 1. The molecule has 0 amide bonds. The van der Waals surface area contributed by atoms with Crippen LogP contribution in [-0.2, 0) is 11.3 Å². The van der Waals surface area contributed by atoms with Crippen LogP contribution >= 0.6 is 0 Å². The number of aliphatic carboxylic acids is 1. The van der Waals surface area contributed by atoms with Gasteiger partial charge in [0.15, 0.2) is 0 Å². The molecule has 0 unspecified atom stereocenters. The fourth-order valence-corrected chi connectivity index (χ4v) is 1.92.